The molecule has 2 aromatic rings. The molecule has 6 heteroatoms. The second kappa shape index (κ2) is 5.27. The third-order valence-electron chi connectivity index (χ3n) is 2.02. The molecular weight excluding hydrogens is 351 g/mol. The van der Waals surface area contributed by atoms with Crippen LogP contribution in [0.25, 0.3) is 0 Å². The van der Waals surface area contributed by atoms with E-state index in [2.05, 4.69) is 15.9 Å². The maximum atomic E-state index is 6.40. The van der Waals surface area contributed by atoms with E-state index >= 15 is 0 Å². The van der Waals surface area contributed by atoms with Crippen molar-refractivity contribution in [3.8, 4) is 5.75 Å². The summed E-state index contributed by atoms with van der Waals surface area (Å²) in [4.78, 5) is 2.02. The topological polar surface area (TPSA) is 9.23 Å². The van der Waals surface area contributed by atoms with Crippen LogP contribution >= 0.6 is 61.8 Å². The normalized spacial score (nSPS) is 12.8. The summed E-state index contributed by atoms with van der Waals surface area (Å²) in [6, 6.07) is 3.86. The maximum absolute atomic E-state index is 6.40. The number of hydrogen-bond acceptors (Lipinski definition) is 3. The zero-order valence-electron chi connectivity index (χ0n) is 8.17. The Bertz CT molecular complexity index is 475. The van der Waals surface area contributed by atoms with Crippen LogP contribution in [-0.2, 0) is 0 Å². The second-order valence-electron chi connectivity index (χ2n) is 2.99. The standard InChI is InChI=1S/C10H7BrCl2OS2/c1-14-6-2-3-15-9(6)8(12)7-4-5(11)10(13)16-7/h2-4,8H,1H3. The Morgan fingerprint density at radius 1 is 1.50 bits per heavy atom. The summed E-state index contributed by atoms with van der Waals surface area (Å²) in [5.41, 5.74) is 0. The van der Waals surface area contributed by atoms with Gasteiger partial charge in [0.05, 0.1) is 12.0 Å². The first-order valence-corrected chi connectivity index (χ1v) is 7.64. The van der Waals surface area contributed by atoms with Crippen molar-refractivity contribution in [2.75, 3.05) is 7.11 Å². The smallest absolute Gasteiger partial charge is 0.134 e. The number of halogens is 3. The number of hydrogen-bond donors (Lipinski definition) is 0. The van der Waals surface area contributed by atoms with Crippen molar-refractivity contribution in [3.63, 3.8) is 0 Å². The van der Waals surface area contributed by atoms with E-state index in [0.717, 1.165) is 24.3 Å². The quantitative estimate of drug-likeness (QED) is 0.653. The number of alkyl halides is 1. The van der Waals surface area contributed by atoms with Crippen molar-refractivity contribution >= 4 is 61.8 Å². The predicted molar refractivity (Wildman–Crippen MR) is 75.6 cm³/mol. The minimum absolute atomic E-state index is 0.205. The Hall–Kier alpha value is 0.260. The van der Waals surface area contributed by atoms with Crippen molar-refractivity contribution in [2.24, 2.45) is 0 Å². The summed E-state index contributed by atoms with van der Waals surface area (Å²) in [6.45, 7) is 0. The summed E-state index contributed by atoms with van der Waals surface area (Å²) < 4.78 is 6.85. The van der Waals surface area contributed by atoms with E-state index in [1.54, 1.807) is 18.4 Å². The van der Waals surface area contributed by atoms with Crippen LogP contribution in [0.4, 0.5) is 0 Å². The lowest BCUT2D eigenvalue weighted by Crippen LogP contribution is -1.90. The zero-order valence-corrected chi connectivity index (χ0v) is 12.9. The molecule has 2 rings (SSSR count). The highest BCUT2D eigenvalue weighted by molar-refractivity contribution is 9.10. The van der Waals surface area contributed by atoms with Crippen LogP contribution in [0.1, 0.15) is 15.1 Å². The molecule has 0 N–H and O–H groups in total. The first-order chi connectivity index (χ1) is 7.63. The number of ether oxygens (including phenoxy) is 1. The van der Waals surface area contributed by atoms with Gasteiger partial charge in [0.15, 0.2) is 0 Å². The highest BCUT2D eigenvalue weighted by atomic mass is 79.9. The van der Waals surface area contributed by atoms with Crippen LogP contribution in [0.5, 0.6) is 5.75 Å². The molecule has 0 radical (unpaired) electrons. The van der Waals surface area contributed by atoms with E-state index in [0.29, 0.717) is 0 Å². The van der Waals surface area contributed by atoms with Gasteiger partial charge in [0.2, 0.25) is 0 Å². The molecule has 0 fully saturated rings. The SMILES string of the molecule is COc1ccsc1C(Cl)c1cc(Br)c(Cl)s1. The lowest BCUT2D eigenvalue weighted by Gasteiger charge is -2.07. The van der Waals surface area contributed by atoms with Gasteiger partial charge in [0.25, 0.3) is 0 Å². The molecule has 1 nitrogen and oxygen atoms in total. The third-order valence-corrected chi connectivity index (χ3v) is 6.24. The summed E-state index contributed by atoms with van der Waals surface area (Å²) in [7, 11) is 1.65. The van der Waals surface area contributed by atoms with E-state index in [1.165, 1.54) is 11.3 Å². The van der Waals surface area contributed by atoms with Crippen LogP contribution in [0.15, 0.2) is 22.0 Å². The first-order valence-electron chi connectivity index (χ1n) is 4.33. The fraction of sp³-hybridized carbons (Fsp3) is 0.200. The van der Waals surface area contributed by atoms with Gasteiger partial charge in [-0.3, -0.25) is 0 Å². The van der Waals surface area contributed by atoms with E-state index in [1.807, 2.05) is 17.5 Å². The summed E-state index contributed by atoms with van der Waals surface area (Å²) in [6.07, 6.45) is 0. The Morgan fingerprint density at radius 3 is 2.81 bits per heavy atom. The van der Waals surface area contributed by atoms with Gasteiger partial charge in [-0.2, -0.15) is 0 Å². The third kappa shape index (κ3) is 2.41. The molecule has 0 aliphatic heterocycles. The van der Waals surface area contributed by atoms with Crippen LogP contribution in [-0.4, -0.2) is 7.11 Å². The highest BCUT2D eigenvalue weighted by Gasteiger charge is 2.20. The Kier molecular flexibility index (Phi) is 4.19. The fourth-order valence-corrected chi connectivity index (χ4v) is 4.39. The molecule has 0 saturated heterocycles. The summed E-state index contributed by atoms with van der Waals surface area (Å²) in [5.74, 6) is 0.825. The van der Waals surface area contributed by atoms with Gasteiger partial charge in [-0.1, -0.05) is 11.6 Å². The minimum Gasteiger partial charge on any atom is -0.496 e. The van der Waals surface area contributed by atoms with Crippen molar-refractivity contribution in [1.82, 2.24) is 0 Å². The van der Waals surface area contributed by atoms with Gasteiger partial charge < -0.3 is 4.74 Å². The fourth-order valence-electron chi connectivity index (χ4n) is 1.28. The van der Waals surface area contributed by atoms with Crippen LogP contribution < -0.4 is 4.74 Å². The van der Waals surface area contributed by atoms with Crippen molar-refractivity contribution in [3.05, 3.63) is 36.1 Å². The first kappa shape index (κ1) is 12.7. The van der Waals surface area contributed by atoms with Gasteiger partial charge >= 0.3 is 0 Å². The Labute approximate surface area is 120 Å². The van der Waals surface area contributed by atoms with Gasteiger partial charge in [0, 0.05) is 9.35 Å². The molecule has 0 aromatic carbocycles. The lowest BCUT2D eigenvalue weighted by atomic mass is 10.3. The highest BCUT2D eigenvalue weighted by Crippen LogP contribution is 2.44. The number of thiophene rings is 2. The molecule has 0 aliphatic rings. The van der Waals surface area contributed by atoms with Crippen molar-refractivity contribution < 1.29 is 4.74 Å². The molecule has 0 spiro atoms. The monoisotopic (exact) mass is 356 g/mol. The van der Waals surface area contributed by atoms with Gasteiger partial charge in [-0.15, -0.1) is 34.3 Å². The van der Waals surface area contributed by atoms with Crippen LogP contribution in [0, 0.1) is 0 Å². The van der Waals surface area contributed by atoms with Gasteiger partial charge in [-0.05, 0) is 33.4 Å². The summed E-state index contributed by atoms with van der Waals surface area (Å²) >= 11 is 18.8. The molecule has 0 saturated carbocycles. The van der Waals surface area contributed by atoms with Crippen LogP contribution in [0.2, 0.25) is 4.34 Å². The van der Waals surface area contributed by atoms with E-state index in [-0.39, 0.29) is 5.38 Å². The largest absolute Gasteiger partial charge is 0.496 e. The molecule has 2 heterocycles. The average molecular weight is 358 g/mol. The van der Waals surface area contributed by atoms with Crippen molar-refractivity contribution in [1.29, 1.82) is 0 Å². The molecule has 1 atom stereocenters. The average Bonchev–Trinajstić information content (AvgIpc) is 2.85. The van der Waals surface area contributed by atoms with Crippen LogP contribution in [0.3, 0.4) is 0 Å². The molecule has 86 valence electrons. The molecular formula is C10H7BrCl2OS2. The zero-order chi connectivity index (χ0) is 11.7. The van der Waals surface area contributed by atoms with E-state index in [9.17, 15) is 0 Å². The molecule has 1 unspecified atom stereocenters. The predicted octanol–water partition coefficient (Wildman–Crippen LogP) is 5.56. The van der Waals surface area contributed by atoms with Gasteiger partial charge in [-0.25, -0.2) is 0 Å². The lowest BCUT2D eigenvalue weighted by molar-refractivity contribution is 0.413. The molecule has 0 bridgehead atoms. The second-order valence-corrected chi connectivity index (χ2v) is 6.91. The molecule has 0 aliphatic carbocycles. The van der Waals surface area contributed by atoms with Crippen molar-refractivity contribution in [2.45, 2.75) is 5.38 Å². The molecule has 16 heavy (non-hydrogen) atoms. The molecule has 0 amide bonds. The number of rotatable bonds is 3. The maximum Gasteiger partial charge on any atom is 0.134 e. The Balaban J connectivity index is 2.35. The molecule has 2 aromatic heterocycles. The Morgan fingerprint density at radius 2 is 2.25 bits per heavy atom. The van der Waals surface area contributed by atoms with Gasteiger partial charge in [0.1, 0.15) is 15.5 Å². The van der Waals surface area contributed by atoms with E-state index < -0.39 is 0 Å². The minimum atomic E-state index is -0.205. The number of methoxy groups -OCH3 is 1. The summed E-state index contributed by atoms with van der Waals surface area (Å²) in [5, 5.41) is 1.76. The van der Waals surface area contributed by atoms with E-state index in [4.69, 9.17) is 27.9 Å².